The number of amides is 1. The standard InChI is InChI=1S/C22H17BrN4O4/c1-13-25-19-9-5-4-8-17(19)22(30)27(13)31-12-20(28)26-24-11-14-10-18(23)15-6-2-3-7-16(15)21(14)29/h2-11,29H,12H2,1H3,(H,26,28)/b24-11+. The van der Waals surface area contributed by atoms with Crippen LogP contribution in [-0.2, 0) is 4.79 Å². The van der Waals surface area contributed by atoms with Gasteiger partial charge in [-0.3, -0.25) is 9.59 Å². The first-order chi connectivity index (χ1) is 15.0. The van der Waals surface area contributed by atoms with Crippen LogP contribution in [0.5, 0.6) is 5.75 Å². The molecule has 0 unspecified atom stereocenters. The van der Waals surface area contributed by atoms with Crippen LogP contribution in [0.15, 0.2) is 69.0 Å². The molecule has 1 amide bonds. The van der Waals surface area contributed by atoms with Crippen molar-refractivity contribution in [2.75, 3.05) is 6.61 Å². The lowest BCUT2D eigenvalue weighted by Gasteiger charge is -2.11. The molecule has 9 heteroatoms. The molecule has 156 valence electrons. The van der Waals surface area contributed by atoms with E-state index in [1.54, 1.807) is 43.3 Å². The molecule has 3 aromatic carbocycles. The molecule has 0 radical (unpaired) electrons. The molecule has 0 aliphatic heterocycles. The van der Waals surface area contributed by atoms with Gasteiger partial charge in [0.25, 0.3) is 11.5 Å². The largest absolute Gasteiger partial charge is 0.507 e. The second-order valence-electron chi connectivity index (χ2n) is 6.68. The first-order valence-corrected chi connectivity index (χ1v) is 10.1. The summed E-state index contributed by atoms with van der Waals surface area (Å²) in [6.07, 6.45) is 1.33. The first-order valence-electron chi connectivity index (χ1n) is 9.29. The molecular weight excluding hydrogens is 464 g/mol. The molecule has 8 nitrogen and oxygen atoms in total. The Hall–Kier alpha value is -3.72. The van der Waals surface area contributed by atoms with Crippen molar-refractivity contribution in [3.8, 4) is 5.75 Å². The monoisotopic (exact) mass is 480 g/mol. The van der Waals surface area contributed by atoms with Crippen LogP contribution < -0.4 is 15.8 Å². The number of phenols is 1. The Morgan fingerprint density at radius 2 is 1.87 bits per heavy atom. The number of nitrogens with zero attached hydrogens (tertiary/aromatic N) is 3. The van der Waals surface area contributed by atoms with Gasteiger partial charge in [-0.05, 0) is 30.5 Å². The summed E-state index contributed by atoms with van der Waals surface area (Å²) < 4.78 is 1.77. The zero-order valence-electron chi connectivity index (χ0n) is 16.4. The smallest absolute Gasteiger partial charge is 0.294 e. The van der Waals surface area contributed by atoms with Crippen molar-refractivity contribution >= 4 is 49.7 Å². The van der Waals surface area contributed by atoms with E-state index in [0.29, 0.717) is 27.7 Å². The number of nitrogens with one attached hydrogen (secondary N) is 1. The van der Waals surface area contributed by atoms with Gasteiger partial charge in [0, 0.05) is 15.4 Å². The third-order valence-corrected chi connectivity index (χ3v) is 5.26. The van der Waals surface area contributed by atoms with Gasteiger partial charge < -0.3 is 9.94 Å². The number of halogens is 1. The van der Waals surface area contributed by atoms with E-state index in [9.17, 15) is 14.7 Å². The van der Waals surface area contributed by atoms with E-state index >= 15 is 0 Å². The van der Waals surface area contributed by atoms with Crippen molar-refractivity contribution in [1.29, 1.82) is 0 Å². The average molecular weight is 481 g/mol. The van der Waals surface area contributed by atoms with Crippen molar-refractivity contribution < 1.29 is 14.7 Å². The van der Waals surface area contributed by atoms with E-state index in [2.05, 4.69) is 31.4 Å². The molecule has 1 heterocycles. The number of hydrazone groups is 1. The molecule has 0 atom stereocenters. The summed E-state index contributed by atoms with van der Waals surface area (Å²) in [6, 6.07) is 16.0. The van der Waals surface area contributed by atoms with E-state index < -0.39 is 18.1 Å². The number of carbonyl (C=O) groups excluding carboxylic acids is 1. The SMILES string of the molecule is Cc1nc2ccccc2c(=O)n1OCC(=O)N/N=C/c1cc(Br)c2ccccc2c1O. The maximum Gasteiger partial charge on any atom is 0.294 e. The van der Waals surface area contributed by atoms with Crippen LogP contribution in [0, 0.1) is 6.92 Å². The van der Waals surface area contributed by atoms with Crippen LogP contribution in [0.4, 0.5) is 0 Å². The van der Waals surface area contributed by atoms with Gasteiger partial charge >= 0.3 is 0 Å². The van der Waals surface area contributed by atoms with E-state index in [1.807, 2.05) is 18.2 Å². The summed E-state index contributed by atoms with van der Waals surface area (Å²) in [5.74, 6) is -0.196. The molecule has 4 aromatic rings. The van der Waals surface area contributed by atoms with Gasteiger partial charge in [-0.25, -0.2) is 10.4 Å². The molecule has 0 bridgehead atoms. The van der Waals surface area contributed by atoms with Gasteiger partial charge in [-0.1, -0.05) is 52.3 Å². The third-order valence-electron chi connectivity index (χ3n) is 4.61. The number of aryl methyl sites for hydroxylation is 1. The Labute approximate surface area is 184 Å². The predicted octanol–water partition coefficient (Wildman–Crippen LogP) is 2.91. The number of rotatable bonds is 5. The molecule has 0 fully saturated rings. The lowest BCUT2D eigenvalue weighted by Crippen LogP contribution is -2.35. The van der Waals surface area contributed by atoms with E-state index in [4.69, 9.17) is 4.84 Å². The van der Waals surface area contributed by atoms with Crippen LogP contribution in [0.1, 0.15) is 11.4 Å². The molecule has 0 saturated heterocycles. The quantitative estimate of drug-likeness (QED) is 0.337. The summed E-state index contributed by atoms with van der Waals surface area (Å²) in [5.41, 5.74) is 2.90. The van der Waals surface area contributed by atoms with Gasteiger partial charge in [0.15, 0.2) is 6.61 Å². The molecule has 4 rings (SSSR count). The highest BCUT2D eigenvalue weighted by molar-refractivity contribution is 9.10. The van der Waals surface area contributed by atoms with Crippen LogP contribution in [-0.4, -0.2) is 33.5 Å². The fourth-order valence-electron chi connectivity index (χ4n) is 3.14. The fourth-order valence-corrected chi connectivity index (χ4v) is 3.74. The highest BCUT2D eigenvalue weighted by atomic mass is 79.9. The third kappa shape index (κ3) is 4.13. The number of hydrogen-bond donors (Lipinski definition) is 2. The number of aromatic nitrogens is 2. The maximum absolute atomic E-state index is 12.5. The minimum atomic E-state index is -0.574. The summed E-state index contributed by atoms with van der Waals surface area (Å²) in [5, 5.41) is 16.2. The Bertz CT molecular complexity index is 1400. The molecule has 31 heavy (non-hydrogen) atoms. The van der Waals surface area contributed by atoms with Gasteiger partial charge in [-0.15, -0.1) is 4.73 Å². The molecule has 2 N–H and O–H groups in total. The summed E-state index contributed by atoms with van der Waals surface area (Å²) >= 11 is 3.47. The summed E-state index contributed by atoms with van der Waals surface area (Å²) in [7, 11) is 0. The fraction of sp³-hybridized carbons (Fsp3) is 0.0909. The second kappa shape index (κ2) is 8.57. The topological polar surface area (TPSA) is 106 Å². The number of benzene rings is 3. The Morgan fingerprint density at radius 3 is 2.65 bits per heavy atom. The summed E-state index contributed by atoms with van der Waals surface area (Å²) in [6.45, 7) is 1.18. The van der Waals surface area contributed by atoms with Gasteiger partial charge in [-0.2, -0.15) is 5.10 Å². The summed E-state index contributed by atoms with van der Waals surface area (Å²) in [4.78, 5) is 34.3. The number of phenolic OH excluding ortho intramolecular Hbond substituents is 1. The van der Waals surface area contributed by atoms with Gasteiger partial charge in [0.05, 0.1) is 17.1 Å². The highest BCUT2D eigenvalue weighted by Crippen LogP contribution is 2.33. The van der Waals surface area contributed by atoms with E-state index in [1.165, 1.54) is 6.21 Å². The zero-order chi connectivity index (χ0) is 22.0. The lowest BCUT2D eigenvalue weighted by atomic mass is 10.1. The first kappa shape index (κ1) is 20.5. The number of carbonyl (C=O) groups is 1. The number of hydrogen-bond acceptors (Lipinski definition) is 6. The minimum Gasteiger partial charge on any atom is -0.507 e. The lowest BCUT2D eigenvalue weighted by molar-refractivity contribution is -0.126. The minimum absolute atomic E-state index is 0.0532. The molecule has 0 aliphatic carbocycles. The van der Waals surface area contributed by atoms with Gasteiger partial charge in [0.2, 0.25) is 0 Å². The molecular formula is C22H17BrN4O4. The van der Waals surface area contributed by atoms with Crippen molar-refractivity contribution in [1.82, 2.24) is 15.1 Å². The normalized spacial score (nSPS) is 11.3. The van der Waals surface area contributed by atoms with Crippen LogP contribution in [0.2, 0.25) is 0 Å². The van der Waals surface area contributed by atoms with Crippen molar-refractivity contribution in [2.24, 2.45) is 5.10 Å². The highest BCUT2D eigenvalue weighted by Gasteiger charge is 2.11. The van der Waals surface area contributed by atoms with Crippen molar-refractivity contribution in [2.45, 2.75) is 6.92 Å². The molecule has 0 saturated carbocycles. The van der Waals surface area contributed by atoms with Crippen LogP contribution in [0.25, 0.3) is 21.7 Å². The van der Waals surface area contributed by atoms with Gasteiger partial charge in [0.1, 0.15) is 11.6 Å². The van der Waals surface area contributed by atoms with E-state index in [-0.39, 0.29) is 5.75 Å². The number of fused-ring (bicyclic) bond motifs is 2. The average Bonchev–Trinajstić information content (AvgIpc) is 2.77. The van der Waals surface area contributed by atoms with Crippen molar-refractivity contribution in [3.63, 3.8) is 0 Å². The maximum atomic E-state index is 12.5. The molecule has 1 aromatic heterocycles. The second-order valence-corrected chi connectivity index (χ2v) is 7.54. The van der Waals surface area contributed by atoms with Crippen LogP contribution >= 0.6 is 15.9 Å². The number of aromatic hydroxyl groups is 1. The zero-order valence-corrected chi connectivity index (χ0v) is 18.0. The Balaban J connectivity index is 1.45. The molecule has 0 spiro atoms. The van der Waals surface area contributed by atoms with Crippen molar-refractivity contribution in [3.05, 3.63) is 80.8 Å². The predicted molar refractivity (Wildman–Crippen MR) is 121 cm³/mol. The number of para-hydroxylation sites is 1. The van der Waals surface area contributed by atoms with E-state index in [0.717, 1.165) is 14.6 Å². The Kier molecular flexibility index (Phi) is 5.68. The van der Waals surface area contributed by atoms with Crippen LogP contribution in [0.3, 0.4) is 0 Å². The Morgan fingerprint density at radius 1 is 1.19 bits per heavy atom. The molecule has 0 aliphatic rings.